The first-order chi connectivity index (χ1) is 7.36. The second-order valence-corrected chi connectivity index (χ2v) is 3.62. The summed E-state index contributed by atoms with van der Waals surface area (Å²) in [6.45, 7) is 0. The van der Waals surface area contributed by atoms with Crippen molar-refractivity contribution in [2.45, 2.75) is 0 Å². The molecule has 2 N–H and O–H groups in total. The average molecular weight is 195 g/mol. The molecule has 2 heteroatoms. The van der Waals surface area contributed by atoms with Gasteiger partial charge in [0.2, 0.25) is 5.52 Å². The second-order valence-electron chi connectivity index (χ2n) is 3.62. The Labute approximate surface area is 87.6 Å². The topological polar surface area (TPSA) is 30.1 Å². The Morgan fingerprint density at radius 2 is 1.73 bits per heavy atom. The van der Waals surface area contributed by atoms with Crippen molar-refractivity contribution < 1.29 is 4.40 Å². The fourth-order valence-corrected chi connectivity index (χ4v) is 1.94. The number of nitrogens with zero attached hydrogens (tertiary/aromatic N) is 1. The Morgan fingerprint density at radius 1 is 0.933 bits per heavy atom. The highest BCUT2D eigenvalue weighted by molar-refractivity contribution is 5.97. The lowest BCUT2D eigenvalue weighted by Gasteiger charge is -2.00. The maximum atomic E-state index is 6.13. The molecule has 0 unspecified atom stereocenters. The molecule has 0 amide bonds. The molecule has 0 bridgehead atoms. The molecule has 0 aliphatic carbocycles. The summed E-state index contributed by atoms with van der Waals surface area (Å²) in [6, 6.07) is 14.2. The van der Waals surface area contributed by atoms with Gasteiger partial charge in [0.1, 0.15) is 5.69 Å². The SMILES string of the molecule is Nc1c2ccccc2c[n+]2ccccc12. The Kier molecular flexibility index (Phi) is 1.62. The molecule has 0 atom stereocenters. The molecule has 2 aromatic heterocycles. The van der Waals surface area contributed by atoms with Gasteiger partial charge in [-0.05, 0) is 12.1 Å². The molecule has 0 spiro atoms. The van der Waals surface area contributed by atoms with Gasteiger partial charge >= 0.3 is 0 Å². The Morgan fingerprint density at radius 3 is 2.67 bits per heavy atom. The summed E-state index contributed by atoms with van der Waals surface area (Å²) in [5.41, 5.74) is 8.03. The summed E-state index contributed by atoms with van der Waals surface area (Å²) >= 11 is 0. The zero-order chi connectivity index (χ0) is 10.3. The lowest BCUT2D eigenvalue weighted by Crippen LogP contribution is -2.21. The molecule has 3 aromatic rings. The van der Waals surface area contributed by atoms with E-state index < -0.39 is 0 Å². The monoisotopic (exact) mass is 195 g/mol. The number of aromatic nitrogens is 1. The molecule has 0 aliphatic heterocycles. The average Bonchev–Trinajstić information content (AvgIpc) is 2.30. The predicted molar refractivity (Wildman–Crippen MR) is 61.5 cm³/mol. The molecular formula is C13H11N2+. The van der Waals surface area contributed by atoms with Crippen LogP contribution in [0, 0.1) is 0 Å². The number of nitrogen functional groups attached to an aromatic ring is 1. The maximum absolute atomic E-state index is 6.13. The van der Waals surface area contributed by atoms with Crippen LogP contribution in [-0.4, -0.2) is 0 Å². The lowest BCUT2D eigenvalue weighted by atomic mass is 10.1. The van der Waals surface area contributed by atoms with Crippen molar-refractivity contribution in [2.24, 2.45) is 0 Å². The number of hydrogen-bond donors (Lipinski definition) is 1. The highest BCUT2D eigenvalue weighted by Crippen LogP contribution is 2.21. The van der Waals surface area contributed by atoms with E-state index in [2.05, 4.69) is 22.7 Å². The molecule has 3 rings (SSSR count). The summed E-state index contributed by atoms with van der Waals surface area (Å²) in [7, 11) is 0. The molecule has 0 radical (unpaired) electrons. The second kappa shape index (κ2) is 2.95. The Balaban J connectivity index is 2.60. The Hall–Kier alpha value is -2.09. The van der Waals surface area contributed by atoms with E-state index in [1.165, 1.54) is 5.39 Å². The molecule has 15 heavy (non-hydrogen) atoms. The molecular weight excluding hydrogens is 184 g/mol. The van der Waals surface area contributed by atoms with Gasteiger partial charge in [-0.3, -0.25) is 0 Å². The first-order valence-electron chi connectivity index (χ1n) is 4.93. The highest BCUT2D eigenvalue weighted by Gasteiger charge is 2.09. The van der Waals surface area contributed by atoms with E-state index in [0.29, 0.717) is 0 Å². The maximum Gasteiger partial charge on any atom is 0.234 e. The summed E-state index contributed by atoms with van der Waals surface area (Å²) < 4.78 is 2.05. The van der Waals surface area contributed by atoms with Gasteiger partial charge < -0.3 is 5.73 Å². The van der Waals surface area contributed by atoms with Crippen LogP contribution < -0.4 is 10.1 Å². The van der Waals surface area contributed by atoms with Crippen molar-refractivity contribution in [3.05, 3.63) is 54.9 Å². The highest BCUT2D eigenvalue weighted by atomic mass is 14.9. The first kappa shape index (κ1) is 8.24. The molecule has 72 valence electrons. The molecule has 0 fully saturated rings. The smallest absolute Gasteiger partial charge is 0.234 e. The fourth-order valence-electron chi connectivity index (χ4n) is 1.94. The van der Waals surface area contributed by atoms with Gasteiger partial charge in [0, 0.05) is 22.9 Å². The van der Waals surface area contributed by atoms with E-state index in [1.807, 2.05) is 36.5 Å². The van der Waals surface area contributed by atoms with Gasteiger partial charge in [0.25, 0.3) is 0 Å². The van der Waals surface area contributed by atoms with Crippen LogP contribution in [-0.2, 0) is 0 Å². The normalized spacial score (nSPS) is 10.9. The van der Waals surface area contributed by atoms with Crippen LogP contribution in [0.5, 0.6) is 0 Å². The minimum Gasteiger partial charge on any atom is -0.393 e. The van der Waals surface area contributed by atoms with Gasteiger partial charge in [-0.25, -0.2) is 0 Å². The van der Waals surface area contributed by atoms with Crippen LogP contribution in [0.2, 0.25) is 0 Å². The third-order valence-electron chi connectivity index (χ3n) is 2.70. The standard InChI is InChI=1S/C13H11N2/c14-13-11-6-2-1-5-10(11)9-15-8-4-3-7-12(13)15/h1-9H,14H2/q+1. The quantitative estimate of drug-likeness (QED) is 0.432. The number of rotatable bonds is 0. The molecule has 0 saturated heterocycles. The summed E-state index contributed by atoms with van der Waals surface area (Å²) in [4.78, 5) is 0. The van der Waals surface area contributed by atoms with Crippen molar-refractivity contribution in [1.29, 1.82) is 0 Å². The molecule has 1 aromatic carbocycles. The number of hydrogen-bond acceptors (Lipinski definition) is 1. The van der Waals surface area contributed by atoms with Crippen LogP contribution >= 0.6 is 0 Å². The van der Waals surface area contributed by atoms with E-state index >= 15 is 0 Å². The minimum atomic E-state index is 0.841. The van der Waals surface area contributed by atoms with E-state index in [9.17, 15) is 0 Å². The zero-order valence-electron chi connectivity index (χ0n) is 8.22. The third kappa shape index (κ3) is 1.15. The number of benzene rings is 1. The van der Waals surface area contributed by atoms with Gasteiger partial charge in [0.05, 0.1) is 0 Å². The van der Waals surface area contributed by atoms with Crippen LogP contribution in [0.15, 0.2) is 54.9 Å². The lowest BCUT2D eigenvalue weighted by molar-refractivity contribution is -0.509. The van der Waals surface area contributed by atoms with Gasteiger partial charge in [-0.15, -0.1) is 0 Å². The van der Waals surface area contributed by atoms with Gasteiger partial charge in [0.15, 0.2) is 12.4 Å². The van der Waals surface area contributed by atoms with Gasteiger partial charge in [-0.2, -0.15) is 4.40 Å². The molecule has 0 aliphatic rings. The van der Waals surface area contributed by atoms with Crippen LogP contribution in [0.1, 0.15) is 0 Å². The van der Waals surface area contributed by atoms with Crippen LogP contribution in [0.3, 0.4) is 0 Å². The van der Waals surface area contributed by atoms with Crippen molar-refractivity contribution in [1.82, 2.24) is 0 Å². The van der Waals surface area contributed by atoms with Crippen molar-refractivity contribution in [3.8, 4) is 0 Å². The predicted octanol–water partition coefficient (Wildman–Crippen LogP) is 2.16. The van der Waals surface area contributed by atoms with Crippen LogP contribution in [0.25, 0.3) is 16.3 Å². The van der Waals surface area contributed by atoms with E-state index in [0.717, 1.165) is 16.6 Å². The minimum absolute atomic E-state index is 0.841. The molecule has 2 nitrogen and oxygen atoms in total. The van der Waals surface area contributed by atoms with Gasteiger partial charge in [-0.1, -0.05) is 18.2 Å². The number of pyridine rings is 2. The molecule has 2 heterocycles. The zero-order valence-corrected chi connectivity index (χ0v) is 8.22. The fraction of sp³-hybridized carbons (Fsp3) is 0. The van der Waals surface area contributed by atoms with Crippen molar-refractivity contribution in [2.75, 3.05) is 5.73 Å². The molecule has 0 saturated carbocycles. The number of anilines is 1. The first-order valence-corrected chi connectivity index (χ1v) is 4.93. The summed E-state index contributed by atoms with van der Waals surface area (Å²) in [5.74, 6) is 0. The number of nitrogens with two attached hydrogens (primary N) is 1. The number of fused-ring (bicyclic) bond motifs is 2. The third-order valence-corrected chi connectivity index (χ3v) is 2.70. The summed E-state index contributed by atoms with van der Waals surface area (Å²) in [5, 5.41) is 2.28. The van der Waals surface area contributed by atoms with E-state index in [1.54, 1.807) is 0 Å². The van der Waals surface area contributed by atoms with Crippen LogP contribution in [0.4, 0.5) is 5.69 Å². The summed E-state index contributed by atoms with van der Waals surface area (Å²) in [6.07, 6.45) is 4.11. The van der Waals surface area contributed by atoms with E-state index in [-0.39, 0.29) is 0 Å². The Bertz CT molecular complexity index is 590. The van der Waals surface area contributed by atoms with Crippen molar-refractivity contribution in [3.63, 3.8) is 0 Å². The largest absolute Gasteiger partial charge is 0.393 e. The van der Waals surface area contributed by atoms with E-state index in [4.69, 9.17) is 5.73 Å². The van der Waals surface area contributed by atoms with Crippen molar-refractivity contribution >= 4 is 22.0 Å².